The summed E-state index contributed by atoms with van der Waals surface area (Å²) in [5.74, 6) is 0. The standard InChI is InChI=1S/C23H23N3O/c1-14-10-11-16-17-13-24-15(2)12-20(17)27-22(16)21(14)26-19-9-7-6-8-18(19)25(5)23(26,3)4/h6-13H,1-5H3. The molecule has 1 aliphatic heterocycles. The lowest BCUT2D eigenvalue weighted by Gasteiger charge is -2.39. The molecule has 0 spiro atoms. The maximum Gasteiger partial charge on any atom is 0.159 e. The van der Waals surface area contributed by atoms with Crippen molar-refractivity contribution in [2.24, 2.45) is 0 Å². The zero-order chi connectivity index (χ0) is 18.9. The van der Waals surface area contributed by atoms with Crippen LogP contribution in [-0.2, 0) is 0 Å². The lowest BCUT2D eigenvalue weighted by atomic mass is 10.1. The quantitative estimate of drug-likeness (QED) is 0.423. The minimum absolute atomic E-state index is 0.212. The molecule has 5 rings (SSSR count). The number of rotatable bonds is 1. The van der Waals surface area contributed by atoms with Gasteiger partial charge in [-0.3, -0.25) is 4.98 Å². The Bertz CT molecular complexity index is 1210. The molecule has 4 heteroatoms. The van der Waals surface area contributed by atoms with E-state index in [0.717, 1.165) is 33.3 Å². The van der Waals surface area contributed by atoms with Crippen LogP contribution in [0.5, 0.6) is 0 Å². The number of nitrogens with zero attached hydrogens (tertiary/aromatic N) is 3. The van der Waals surface area contributed by atoms with Gasteiger partial charge in [0.05, 0.1) is 17.1 Å². The van der Waals surface area contributed by atoms with Crippen molar-refractivity contribution < 1.29 is 4.42 Å². The smallest absolute Gasteiger partial charge is 0.159 e. The van der Waals surface area contributed by atoms with E-state index in [1.165, 1.54) is 16.9 Å². The molecule has 136 valence electrons. The Morgan fingerprint density at radius 2 is 1.70 bits per heavy atom. The van der Waals surface area contributed by atoms with Crippen LogP contribution in [-0.4, -0.2) is 17.7 Å². The van der Waals surface area contributed by atoms with Gasteiger partial charge in [0.25, 0.3) is 0 Å². The summed E-state index contributed by atoms with van der Waals surface area (Å²) in [6.45, 7) is 8.65. The second-order valence-corrected chi connectivity index (χ2v) is 7.91. The zero-order valence-electron chi connectivity index (χ0n) is 16.4. The normalized spacial score (nSPS) is 15.7. The fourth-order valence-electron chi connectivity index (χ4n) is 4.26. The number of benzene rings is 2. The highest BCUT2D eigenvalue weighted by Gasteiger charge is 2.42. The number of pyridine rings is 1. The van der Waals surface area contributed by atoms with Crippen molar-refractivity contribution in [3.63, 3.8) is 0 Å². The molecule has 0 saturated carbocycles. The van der Waals surface area contributed by atoms with E-state index in [9.17, 15) is 0 Å². The molecule has 0 N–H and O–H groups in total. The minimum atomic E-state index is -0.212. The number of hydrogen-bond acceptors (Lipinski definition) is 4. The molecule has 27 heavy (non-hydrogen) atoms. The van der Waals surface area contributed by atoms with E-state index >= 15 is 0 Å². The fourth-order valence-corrected chi connectivity index (χ4v) is 4.26. The number of hydrogen-bond donors (Lipinski definition) is 0. The lowest BCUT2D eigenvalue weighted by Crippen LogP contribution is -2.48. The Labute approximate surface area is 159 Å². The average molecular weight is 357 g/mol. The van der Waals surface area contributed by atoms with Crippen molar-refractivity contribution in [1.29, 1.82) is 0 Å². The van der Waals surface area contributed by atoms with Crippen LogP contribution in [0.2, 0.25) is 0 Å². The predicted octanol–water partition coefficient (Wildman–Crippen LogP) is 5.92. The number of para-hydroxylation sites is 2. The van der Waals surface area contributed by atoms with E-state index in [4.69, 9.17) is 4.42 Å². The first-order valence-corrected chi connectivity index (χ1v) is 9.31. The molecule has 0 saturated heterocycles. The third-order valence-corrected chi connectivity index (χ3v) is 5.91. The zero-order valence-corrected chi connectivity index (χ0v) is 16.4. The molecule has 0 fully saturated rings. The van der Waals surface area contributed by atoms with E-state index in [1.54, 1.807) is 0 Å². The summed E-state index contributed by atoms with van der Waals surface area (Å²) < 4.78 is 6.40. The van der Waals surface area contributed by atoms with Crippen LogP contribution >= 0.6 is 0 Å². The molecular weight excluding hydrogens is 334 g/mol. The molecule has 0 amide bonds. The number of aryl methyl sites for hydroxylation is 2. The summed E-state index contributed by atoms with van der Waals surface area (Å²) in [6.07, 6.45) is 1.92. The fraction of sp³-hybridized carbons (Fsp3) is 0.261. The van der Waals surface area contributed by atoms with Crippen molar-refractivity contribution in [2.75, 3.05) is 16.8 Å². The third kappa shape index (κ3) is 2.07. The Morgan fingerprint density at radius 3 is 2.48 bits per heavy atom. The third-order valence-electron chi connectivity index (χ3n) is 5.91. The van der Waals surface area contributed by atoms with Gasteiger partial charge in [-0.2, -0.15) is 0 Å². The number of fused-ring (bicyclic) bond motifs is 4. The van der Waals surface area contributed by atoms with Crippen LogP contribution in [0.1, 0.15) is 25.1 Å². The Kier molecular flexibility index (Phi) is 3.15. The van der Waals surface area contributed by atoms with Crippen molar-refractivity contribution >= 4 is 39.0 Å². The maximum absolute atomic E-state index is 6.40. The van der Waals surface area contributed by atoms with Crippen molar-refractivity contribution in [2.45, 2.75) is 33.4 Å². The SMILES string of the molecule is Cc1cc2oc3c(N4c5ccccc5N(C)C4(C)C)c(C)ccc3c2cn1. The number of aromatic nitrogens is 1. The topological polar surface area (TPSA) is 32.5 Å². The summed E-state index contributed by atoms with van der Waals surface area (Å²) in [6, 6.07) is 14.9. The van der Waals surface area contributed by atoms with Crippen LogP contribution < -0.4 is 9.80 Å². The summed E-state index contributed by atoms with van der Waals surface area (Å²) in [5, 5.41) is 2.18. The Morgan fingerprint density at radius 1 is 0.963 bits per heavy atom. The van der Waals surface area contributed by atoms with Gasteiger partial charge in [-0.15, -0.1) is 0 Å². The van der Waals surface area contributed by atoms with E-state index in [-0.39, 0.29) is 5.66 Å². The number of anilines is 3. The lowest BCUT2D eigenvalue weighted by molar-refractivity contribution is 0.519. The number of furan rings is 1. The van der Waals surface area contributed by atoms with Crippen LogP contribution in [0.4, 0.5) is 17.1 Å². The highest BCUT2D eigenvalue weighted by molar-refractivity contribution is 6.10. The van der Waals surface area contributed by atoms with Gasteiger partial charge in [0.15, 0.2) is 5.58 Å². The van der Waals surface area contributed by atoms with E-state index in [2.05, 4.69) is 79.0 Å². The maximum atomic E-state index is 6.40. The van der Waals surface area contributed by atoms with Crippen LogP contribution in [0.3, 0.4) is 0 Å². The van der Waals surface area contributed by atoms with Gasteiger partial charge in [0.2, 0.25) is 0 Å². The highest BCUT2D eigenvalue weighted by Crippen LogP contribution is 2.51. The Hall–Kier alpha value is -3.01. The van der Waals surface area contributed by atoms with Crippen molar-refractivity contribution in [3.8, 4) is 0 Å². The van der Waals surface area contributed by atoms with Crippen molar-refractivity contribution in [3.05, 3.63) is 59.9 Å². The summed E-state index contributed by atoms with van der Waals surface area (Å²) in [7, 11) is 2.15. The van der Waals surface area contributed by atoms with Gasteiger partial charge in [-0.25, -0.2) is 0 Å². The molecule has 2 aromatic heterocycles. The second-order valence-electron chi connectivity index (χ2n) is 7.91. The molecule has 0 unspecified atom stereocenters. The molecular formula is C23H23N3O. The predicted molar refractivity (Wildman–Crippen MR) is 112 cm³/mol. The molecule has 0 aliphatic carbocycles. The first-order chi connectivity index (χ1) is 12.9. The molecule has 0 bridgehead atoms. The monoisotopic (exact) mass is 357 g/mol. The van der Waals surface area contributed by atoms with Gasteiger partial charge < -0.3 is 14.2 Å². The first kappa shape index (κ1) is 16.2. The Balaban J connectivity index is 1.87. The second kappa shape index (κ2) is 5.26. The molecule has 3 heterocycles. The van der Waals surface area contributed by atoms with Crippen LogP contribution in [0.25, 0.3) is 21.9 Å². The average Bonchev–Trinajstić information content (AvgIpc) is 3.09. The summed E-state index contributed by atoms with van der Waals surface area (Å²) in [4.78, 5) is 9.21. The van der Waals surface area contributed by atoms with Gasteiger partial charge >= 0.3 is 0 Å². The molecule has 1 aliphatic rings. The van der Waals surface area contributed by atoms with Gasteiger partial charge in [0.1, 0.15) is 11.2 Å². The van der Waals surface area contributed by atoms with Gasteiger partial charge in [0, 0.05) is 35.8 Å². The summed E-state index contributed by atoms with van der Waals surface area (Å²) in [5.41, 5.74) is 7.33. The first-order valence-electron chi connectivity index (χ1n) is 9.31. The minimum Gasteiger partial charge on any atom is -0.454 e. The summed E-state index contributed by atoms with van der Waals surface area (Å²) >= 11 is 0. The van der Waals surface area contributed by atoms with Crippen molar-refractivity contribution in [1.82, 2.24) is 4.98 Å². The molecule has 0 radical (unpaired) electrons. The largest absolute Gasteiger partial charge is 0.454 e. The van der Waals surface area contributed by atoms with E-state index in [1.807, 2.05) is 19.2 Å². The molecule has 2 aromatic carbocycles. The van der Waals surface area contributed by atoms with E-state index < -0.39 is 0 Å². The van der Waals surface area contributed by atoms with Gasteiger partial charge in [-0.05, 0) is 45.4 Å². The highest BCUT2D eigenvalue weighted by atomic mass is 16.3. The van der Waals surface area contributed by atoms with Crippen LogP contribution in [0.15, 0.2) is 53.1 Å². The molecule has 4 aromatic rings. The van der Waals surface area contributed by atoms with Crippen LogP contribution in [0, 0.1) is 13.8 Å². The molecule has 0 atom stereocenters. The van der Waals surface area contributed by atoms with E-state index in [0.29, 0.717) is 0 Å². The van der Waals surface area contributed by atoms with Gasteiger partial charge in [-0.1, -0.05) is 24.3 Å². The molecule has 4 nitrogen and oxygen atoms in total.